The summed E-state index contributed by atoms with van der Waals surface area (Å²) in [7, 11) is 0. The van der Waals surface area contributed by atoms with E-state index in [-0.39, 0.29) is 0 Å². The summed E-state index contributed by atoms with van der Waals surface area (Å²) in [6.45, 7) is 0. The van der Waals surface area contributed by atoms with Crippen LogP contribution >= 0.6 is 0 Å². The van der Waals surface area contributed by atoms with Crippen molar-refractivity contribution in [1.82, 2.24) is 24.9 Å². The van der Waals surface area contributed by atoms with Crippen LogP contribution in [0.1, 0.15) is 0 Å². The summed E-state index contributed by atoms with van der Waals surface area (Å²) in [4.78, 5) is 24.9. The lowest BCUT2D eigenvalue weighted by molar-refractivity contribution is 1.08. The van der Waals surface area contributed by atoms with Gasteiger partial charge < -0.3 is 4.98 Å². The van der Waals surface area contributed by atoms with E-state index in [0.29, 0.717) is 17.5 Å². The molecule has 3 heterocycles. The van der Waals surface area contributed by atoms with Gasteiger partial charge in [-0.2, -0.15) is 0 Å². The van der Waals surface area contributed by atoms with Crippen LogP contribution in [0, 0.1) is 0 Å². The molecule has 0 fully saturated rings. The summed E-state index contributed by atoms with van der Waals surface area (Å²) >= 11 is 0. The molecule has 11 aromatic rings. The highest BCUT2D eigenvalue weighted by Gasteiger charge is 2.26. The van der Waals surface area contributed by atoms with Crippen LogP contribution in [0.5, 0.6) is 0 Å². The minimum Gasteiger partial charge on any atom is -0.354 e. The van der Waals surface area contributed by atoms with E-state index in [9.17, 15) is 0 Å². The second kappa shape index (κ2) is 15.5. The van der Waals surface area contributed by atoms with Crippen molar-refractivity contribution in [3.05, 3.63) is 218 Å². The monoisotopic (exact) mass is 779 g/mol. The van der Waals surface area contributed by atoms with Crippen LogP contribution in [0.2, 0.25) is 0 Å². The molecule has 0 aliphatic carbocycles. The highest BCUT2D eigenvalue weighted by Crippen LogP contribution is 2.49. The van der Waals surface area contributed by atoms with E-state index >= 15 is 0 Å². The molecule has 0 atom stereocenters. The molecule has 5 heteroatoms. The number of nitrogens with zero attached hydrogens (tertiary/aromatic N) is 4. The number of para-hydroxylation sites is 2. The Morgan fingerprint density at radius 1 is 0.279 bits per heavy atom. The van der Waals surface area contributed by atoms with Crippen LogP contribution in [-0.2, 0) is 0 Å². The van der Waals surface area contributed by atoms with E-state index < -0.39 is 0 Å². The van der Waals surface area contributed by atoms with E-state index in [1.165, 1.54) is 0 Å². The number of pyridine rings is 1. The van der Waals surface area contributed by atoms with E-state index in [4.69, 9.17) is 19.9 Å². The number of aromatic amines is 1. The van der Waals surface area contributed by atoms with Gasteiger partial charge in [-0.3, -0.25) is 0 Å². The average Bonchev–Trinajstić information content (AvgIpc) is 3.74. The normalized spacial score (nSPS) is 11.3. The lowest BCUT2D eigenvalue weighted by Gasteiger charge is -2.23. The minimum absolute atomic E-state index is 0.585. The van der Waals surface area contributed by atoms with Crippen LogP contribution in [-0.4, -0.2) is 24.9 Å². The number of hydrogen-bond donors (Lipinski definition) is 1. The lowest BCUT2D eigenvalue weighted by Crippen LogP contribution is -2.02. The van der Waals surface area contributed by atoms with Crippen LogP contribution in [0.15, 0.2) is 218 Å². The van der Waals surface area contributed by atoms with Gasteiger partial charge >= 0.3 is 0 Å². The number of H-pyrrole nitrogens is 1. The first kappa shape index (κ1) is 35.8. The van der Waals surface area contributed by atoms with Gasteiger partial charge in [-0.25, -0.2) is 19.9 Å². The van der Waals surface area contributed by atoms with Crippen molar-refractivity contribution in [1.29, 1.82) is 0 Å². The van der Waals surface area contributed by atoms with Crippen molar-refractivity contribution in [2.24, 2.45) is 0 Å². The second-order valence-corrected chi connectivity index (χ2v) is 15.0. The fourth-order valence-corrected chi connectivity index (χ4v) is 8.47. The molecule has 0 saturated carbocycles. The predicted molar refractivity (Wildman–Crippen MR) is 250 cm³/mol. The quantitative estimate of drug-likeness (QED) is 0.167. The molecule has 0 aliphatic rings. The van der Waals surface area contributed by atoms with Gasteiger partial charge in [-0.1, -0.05) is 200 Å². The van der Waals surface area contributed by atoms with Crippen molar-refractivity contribution in [2.45, 2.75) is 0 Å². The van der Waals surface area contributed by atoms with E-state index in [1.807, 2.05) is 30.3 Å². The summed E-state index contributed by atoms with van der Waals surface area (Å²) in [5.74, 6) is 1.79. The molecule has 3 aromatic heterocycles. The Labute approximate surface area is 353 Å². The predicted octanol–water partition coefficient (Wildman–Crippen LogP) is 14.2. The van der Waals surface area contributed by atoms with Crippen LogP contribution < -0.4 is 0 Å². The number of hydrogen-bond acceptors (Lipinski definition) is 4. The summed E-state index contributed by atoms with van der Waals surface area (Å²) in [5, 5.41) is 2.29. The average molecular weight is 780 g/mol. The molecule has 11 rings (SSSR count). The molecule has 0 spiro atoms. The van der Waals surface area contributed by atoms with Crippen molar-refractivity contribution in [3.8, 4) is 90.1 Å². The molecule has 286 valence electrons. The van der Waals surface area contributed by atoms with Gasteiger partial charge in [0.05, 0.1) is 16.9 Å². The molecule has 0 radical (unpaired) electrons. The summed E-state index contributed by atoms with van der Waals surface area (Å²) in [6, 6.07) is 75.8. The third-order valence-corrected chi connectivity index (χ3v) is 11.3. The number of aromatic nitrogens is 5. The van der Waals surface area contributed by atoms with Gasteiger partial charge in [-0.15, -0.1) is 0 Å². The Morgan fingerprint density at radius 3 is 1.30 bits per heavy atom. The Hall–Kier alpha value is -8.28. The maximum absolute atomic E-state index is 5.63. The van der Waals surface area contributed by atoms with Crippen LogP contribution in [0.3, 0.4) is 0 Å². The lowest BCUT2D eigenvalue weighted by atomic mass is 9.83. The Kier molecular flexibility index (Phi) is 9.10. The Balaban J connectivity index is 1.20. The Morgan fingerprint density at radius 2 is 0.705 bits per heavy atom. The molecule has 0 unspecified atom stereocenters. The maximum atomic E-state index is 5.63. The smallest absolute Gasteiger partial charge is 0.166 e. The maximum Gasteiger partial charge on any atom is 0.166 e. The molecular weight excluding hydrogens is 743 g/mol. The van der Waals surface area contributed by atoms with Gasteiger partial charge in [0.2, 0.25) is 0 Å². The zero-order valence-corrected chi connectivity index (χ0v) is 33.1. The number of nitrogens with one attached hydrogen (secondary N) is 1. The van der Waals surface area contributed by atoms with Crippen molar-refractivity contribution in [2.75, 3.05) is 0 Å². The fourth-order valence-electron chi connectivity index (χ4n) is 8.47. The van der Waals surface area contributed by atoms with Crippen molar-refractivity contribution in [3.63, 3.8) is 0 Å². The first-order chi connectivity index (χ1) is 30.3. The first-order valence-electron chi connectivity index (χ1n) is 20.5. The molecular formula is C56H37N5. The molecule has 5 nitrogen and oxygen atoms in total. The summed E-state index contributed by atoms with van der Waals surface area (Å²) in [5.41, 5.74) is 15.0. The highest BCUT2D eigenvalue weighted by atomic mass is 15.0. The zero-order chi connectivity index (χ0) is 40.5. The summed E-state index contributed by atoms with van der Waals surface area (Å²) in [6.07, 6.45) is 0. The first-order valence-corrected chi connectivity index (χ1v) is 20.5. The van der Waals surface area contributed by atoms with Crippen molar-refractivity contribution >= 4 is 21.8 Å². The van der Waals surface area contributed by atoms with E-state index in [0.717, 1.165) is 94.4 Å². The fraction of sp³-hybridized carbons (Fsp3) is 0. The number of benzene rings is 8. The second-order valence-electron chi connectivity index (χ2n) is 15.0. The van der Waals surface area contributed by atoms with E-state index in [2.05, 4.69) is 193 Å². The third-order valence-electron chi connectivity index (χ3n) is 11.3. The molecule has 0 amide bonds. The molecule has 0 bridgehead atoms. The topological polar surface area (TPSA) is 67.3 Å². The standard InChI is InChI=1S/C56H37N5/c1-6-20-37(21-7-1)49-48(50(38-22-8-2-9-23-38)52(40-26-12-4-13-27-40)58-51(49)39-24-10-3-11-25-39)42-30-18-31-43(36-42)55-59-54(41-28-14-5-15-29-41)60-56(61-55)46-34-19-33-45-44-32-16-17-35-47(44)57-53(45)46/h1-36,57H. The number of rotatable bonds is 8. The van der Waals surface area contributed by atoms with Crippen molar-refractivity contribution < 1.29 is 0 Å². The van der Waals surface area contributed by atoms with Gasteiger partial charge in [0, 0.05) is 60.8 Å². The number of fused-ring (bicyclic) bond motifs is 3. The van der Waals surface area contributed by atoms with Gasteiger partial charge in [-0.05, 0) is 34.9 Å². The third kappa shape index (κ3) is 6.64. The molecule has 0 saturated heterocycles. The van der Waals surface area contributed by atoms with Crippen LogP contribution in [0.4, 0.5) is 0 Å². The van der Waals surface area contributed by atoms with Gasteiger partial charge in [0.25, 0.3) is 0 Å². The van der Waals surface area contributed by atoms with Crippen LogP contribution in [0.25, 0.3) is 112 Å². The van der Waals surface area contributed by atoms with E-state index in [1.54, 1.807) is 0 Å². The Bertz CT molecular complexity index is 3230. The minimum atomic E-state index is 0.585. The molecule has 61 heavy (non-hydrogen) atoms. The largest absolute Gasteiger partial charge is 0.354 e. The zero-order valence-electron chi connectivity index (χ0n) is 33.1. The highest BCUT2D eigenvalue weighted by molar-refractivity contribution is 6.11. The molecule has 8 aromatic carbocycles. The van der Waals surface area contributed by atoms with Gasteiger partial charge in [0.1, 0.15) is 0 Å². The molecule has 1 N–H and O–H groups in total. The summed E-state index contributed by atoms with van der Waals surface area (Å²) < 4.78 is 0. The SMILES string of the molecule is c1ccc(-c2nc(-c3cccc(-c4c(-c5ccccc5)c(-c5ccccc5)nc(-c5ccccc5)c4-c4ccccc4)c3)nc(-c3cccc4c3[nH]c3ccccc34)n2)cc1. The van der Waals surface area contributed by atoms with Gasteiger partial charge in [0.15, 0.2) is 17.5 Å². The molecule has 0 aliphatic heterocycles.